The zero-order chi connectivity index (χ0) is 9.61. The van der Waals surface area contributed by atoms with Gasteiger partial charge in [-0.3, -0.25) is 4.18 Å². The average Bonchev–Trinajstić information content (AvgIpc) is 1.96. The zero-order valence-corrected chi connectivity index (χ0v) is 9.95. The summed E-state index contributed by atoms with van der Waals surface area (Å²) < 4.78 is 25.7. The quantitative estimate of drug-likeness (QED) is 0.633. The molecule has 0 radical (unpaired) electrons. The monoisotopic (exact) mass is 231 g/mol. The zero-order valence-electron chi connectivity index (χ0n) is 8.32. The Hall–Kier alpha value is 0.160. The fraction of sp³-hybridized carbons (Fsp3) is 1.00. The van der Waals surface area contributed by atoms with E-state index in [1.165, 1.54) is 0 Å². The molecule has 0 rings (SSSR count). The van der Waals surface area contributed by atoms with Crippen LogP contribution in [0.4, 0.5) is 0 Å². The maximum Gasteiger partial charge on any atom is 0.264 e. The smallest absolute Gasteiger partial charge is 0.264 e. The molecule has 0 aromatic carbocycles. The van der Waals surface area contributed by atoms with E-state index in [4.69, 9.17) is 0 Å². The van der Waals surface area contributed by atoms with E-state index < -0.39 is 10.1 Å². The van der Waals surface area contributed by atoms with Gasteiger partial charge in [0.15, 0.2) is 0 Å². The summed E-state index contributed by atoms with van der Waals surface area (Å²) in [4.78, 5) is 2.10. The van der Waals surface area contributed by atoms with Crippen LogP contribution < -0.4 is 0 Å². The first kappa shape index (κ1) is 15.6. The molecular weight excluding hydrogens is 214 g/mol. The van der Waals surface area contributed by atoms with Crippen molar-refractivity contribution in [3.63, 3.8) is 0 Å². The van der Waals surface area contributed by atoms with Gasteiger partial charge in [0, 0.05) is 6.54 Å². The van der Waals surface area contributed by atoms with E-state index >= 15 is 0 Å². The summed E-state index contributed by atoms with van der Waals surface area (Å²) in [5, 5.41) is 0. The van der Waals surface area contributed by atoms with E-state index in [0.717, 1.165) is 19.3 Å². The van der Waals surface area contributed by atoms with Gasteiger partial charge in [-0.15, -0.1) is 12.4 Å². The van der Waals surface area contributed by atoms with Crippen LogP contribution in [0.1, 0.15) is 13.8 Å². The highest BCUT2D eigenvalue weighted by molar-refractivity contribution is 7.85. The first-order chi connectivity index (χ1) is 5.49. The van der Waals surface area contributed by atoms with Crippen LogP contribution >= 0.6 is 12.4 Å². The lowest BCUT2D eigenvalue weighted by Gasteiger charge is -2.16. The molecule has 0 amide bonds. The number of hydrogen-bond acceptors (Lipinski definition) is 4. The van der Waals surface area contributed by atoms with Gasteiger partial charge in [0.05, 0.1) is 12.9 Å². The summed E-state index contributed by atoms with van der Waals surface area (Å²) in [5.41, 5.74) is 0. The lowest BCUT2D eigenvalue weighted by atomic mass is 10.5. The number of hydrogen-bond donors (Lipinski definition) is 0. The molecule has 0 saturated heterocycles. The molecule has 0 heterocycles. The lowest BCUT2D eigenvalue weighted by Crippen LogP contribution is -2.27. The molecule has 82 valence electrons. The average molecular weight is 232 g/mol. The van der Waals surface area contributed by atoms with Crippen molar-refractivity contribution < 1.29 is 12.6 Å². The van der Waals surface area contributed by atoms with Gasteiger partial charge < -0.3 is 4.90 Å². The lowest BCUT2D eigenvalue weighted by molar-refractivity contribution is 0.227. The SMILES string of the molecule is CCN(CC)CCOS(C)(=O)=O.Cl. The van der Waals surface area contributed by atoms with Gasteiger partial charge in [-0.25, -0.2) is 0 Å². The first-order valence-corrected chi connectivity index (χ1v) is 5.88. The molecule has 0 aromatic heterocycles. The first-order valence-electron chi connectivity index (χ1n) is 4.06. The molecule has 6 heteroatoms. The van der Waals surface area contributed by atoms with Gasteiger partial charge in [-0.1, -0.05) is 13.8 Å². The summed E-state index contributed by atoms with van der Waals surface area (Å²) in [6.45, 7) is 6.82. The Morgan fingerprint density at radius 3 is 2.00 bits per heavy atom. The van der Waals surface area contributed by atoms with Gasteiger partial charge in [0.25, 0.3) is 10.1 Å². The third kappa shape index (κ3) is 10.1. The van der Waals surface area contributed by atoms with Crippen LogP contribution in [0.5, 0.6) is 0 Å². The third-order valence-corrected chi connectivity index (χ3v) is 2.19. The Balaban J connectivity index is 0. The second-order valence-electron chi connectivity index (χ2n) is 2.55. The molecular formula is C7H18ClNO3S. The van der Waals surface area contributed by atoms with Gasteiger partial charge in [0.2, 0.25) is 0 Å². The molecule has 0 N–H and O–H groups in total. The molecule has 0 spiro atoms. The van der Waals surface area contributed by atoms with Crippen LogP contribution in [0.25, 0.3) is 0 Å². The second kappa shape index (κ2) is 7.55. The Bertz CT molecular complexity index is 202. The third-order valence-electron chi connectivity index (χ3n) is 1.60. The normalized spacial score (nSPS) is 11.4. The standard InChI is InChI=1S/C7H17NO3S.ClH/c1-4-8(5-2)6-7-11-12(3,9)10;/h4-7H2,1-3H3;1H. The van der Waals surface area contributed by atoms with Crippen LogP contribution in [0.2, 0.25) is 0 Å². The molecule has 0 aliphatic carbocycles. The summed E-state index contributed by atoms with van der Waals surface area (Å²) in [5.74, 6) is 0. The number of nitrogens with zero attached hydrogens (tertiary/aromatic N) is 1. The van der Waals surface area contributed by atoms with Crippen molar-refractivity contribution in [3.05, 3.63) is 0 Å². The summed E-state index contributed by atoms with van der Waals surface area (Å²) in [6.07, 6.45) is 1.06. The van der Waals surface area contributed by atoms with Crippen LogP contribution in [-0.2, 0) is 14.3 Å². The molecule has 0 saturated carbocycles. The molecule has 0 fully saturated rings. The molecule has 0 unspecified atom stereocenters. The predicted octanol–water partition coefficient (Wildman–Crippen LogP) is 0.726. The molecule has 0 atom stereocenters. The van der Waals surface area contributed by atoms with E-state index in [2.05, 4.69) is 9.08 Å². The Morgan fingerprint density at radius 1 is 1.23 bits per heavy atom. The minimum absolute atomic E-state index is 0. The molecule has 13 heavy (non-hydrogen) atoms. The van der Waals surface area contributed by atoms with Crippen molar-refractivity contribution in [2.45, 2.75) is 13.8 Å². The van der Waals surface area contributed by atoms with Crippen molar-refractivity contribution in [1.82, 2.24) is 4.90 Å². The van der Waals surface area contributed by atoms with Gasteiger partial charge >= 0.3 is 0 Å². The van der Waals surface area contributed by atoms with Gasteiger partial charge in [0.1, 0.15) is 0 Å². The van der Waals surface area contributed by atoms with Crippen LogP contribution in [-0.4, -0.2) is 45.8 Å². The maximum absolute atomic E-state index is 10.5. The number of likely N-dealkylation sites (N-methyl/N-ethyl adjacent to an activating group) is 1. The predicted molar refractivity (Wildman–Crippen MR) is 55.8 cm³/mol. The van der Waals surface area contributed by atoms with Crippen molar-refractivity contribution in [2.75, 3.05) is 32.5 Å². The van der Waals surface area contributed by atoms with Crippen molar-refractivity contribution in [1.29, 1.82) is 0 Å². The van der Waals surface area contributed by atoms with Crippen molar-refractivity contribution in [2.24, 2.45) is 0 Å². The highest BCUT2D eigenvalue weighted by Crippen LogP contribution is 1.90. The highest BCUT2D eigenvalue weighted by Gasteiger charge is 2.03. The number of halogens is 1. The topological polar surface area (TPSA) is 46.6 Å². The maximum atomic E-state index is 10.5. The minimum Gasteiger partial charge on any atom is -0.302 e. The van der Waals surface area contributed by atoms with Crippen LogP contribution in [0, 0.1) is 0 Å². The molecule has 0 aliphatic rings. The van der Waals surface area contributed by atoms with Crippen LogP contribution in [0.15, 0.2) is 0 Å². The molecule has 0 aliphatic heterocycles. The van der Waals surface area contributed by atoms with E-state index in [1.807, 2.05) is 13.8 Å². The molecule has 4 nitrogen and oxygen atoms in total. The van der Waals surface area contributed by atoms with E-state index in [1.54, 1.807) is 0 Å². The summed E-state index contributed by atoms with van der Waals surface area (Å²) in [6, 6.07) is 0. The second-order valence-corrected chi connectivity index (χ2v) is 4.20. The van der Waals surface area contributed by atoms with Gasteiger partial charge in [-0.2, -0.15) is 8.42 Å². The van der Waals surface area contributed by atoms with E-state index in [-0.39, 0.29) is 19.0 Å². The van der Waals surface area contributed by atoms with Gasteiger partial charge in [-0.05, 0) is 13.1 Å². The Labute approximate surface area is 86.8 Å². The Morgan fingerprint density at radius 2 is 1.69 bits per heavy atom. The van der Waals surface area contributed by atoms with E-state index in [9.17, 15) is 8.42 Å². The Kier molecular flexibility index (Phi) is 9.08. The minimum atomic E-state index is -3.26. The van der Waals surface area contributed by atoms with E-state index in [0.29, 0.717) is 6.54 Å². The highest BCUT2D eigenvalue weighted by atomic mass is 35.5. The van der Waals surface area contributed by atoms with Crippen molar-refractivity contribution >= 4 is 22.5 Å². The van der Waals surface area contributed by atoms with Crippen LogP contribution in [0.3, 0.4) is 0 Å². The fourth-order valence-corrected chi connectivity index (χ4v) is 1.23. The fourth-order valence-electron chi connectivity index (χ4n) is 0.858. The molecule has 0 aromatic rings. The summed E-state index contributed by atoms with van der Waals surface area (Å²) >= 11 is 0. The summed E-state index contributed by atoms with van der Waals surface area (Å²) in [7, 11) is -3.26. The largest absolute Gasteiger partial charge is 0.302 e. The van der Waals surface area contributed by atoms with Crippen molar-refractivity contribution in [3.8, 4) is 0 Å². The molecule has 0 bridgehead atoms. The number of rotatable bonds is 6.